The molecule has 0 aromatic heterocycles. The van der Waals surface area contributed by atoms with Gasteiger partial charge in [-0.25, -0.2) is 0 Å². The van der Waals surface area contributed by atoms with Gasteiger partial charge in [0.05, 0.1) is 6.61 Å². The van der Waals surface area contributed by atoms with E-state index in [-0.39, 0.29) is 11.5 Å². The van der Waals surface area contributed by atoms with Gasteiger partial charge in [0.15, 0.2) is 0 Å². The average molecular weight is 324 g/mol. The summed E-state index contributed by atoms with van der Waals surface area (Å²) in [7, 11) is 0. The fourth-order valence-corrected chi connectivity index (χ4v) is 3.81. The van der Waals surface area contributed by atoms with Gasteiger partial charge in [-0.2, -0.15) is 0 Å². The van der Waals surface area contributed by atoms with E-state index in [4.69, 9.17) is 9.47 Å². The number of benzene rings is 2. The molecule has 0 saturated carbocycles. The molecule has 0 bridgehead atoms. The van der Waals surface area contributed by atoms with Gasteiger partial charge >= 0.3 is 0 Å². The summed E-state index contributed by atoms with van der Waals surface area (Å²) in [5, 5.41) is 10.3. The van der Waals surface area contributed by atoms with Crippen molar-refractivity contribution < 1.29 is 14.6 Å². The van der Waals surface area contributed by atoms with Crippen LogP contribution >= 0.6 is 0 Å². The first-order valence-electron chi connectivity index (χ1n) is 8.69. The summed E-state index contributed by atoms with van der Waals surface area (Å²) in [5.74, 6) is 2.53. The number of phenols is 1. The van der Waals surface area contributed by atoms with Crippen LogP contribution in [0.2, 0.25) is 0 Å². The molecule has 2 aromatic carbocycles. The highest BCUT2D eigenvalue weighted by Crippen LogP contribution is 2.44. The second kappa shape index (κ2) is 5.44. The van der Waals surface area contributed by atoms with Crippen LogP contribution in [0.1, 0.15) is 48.4 Å². The van der Waals surface area contributed by atoms with Crippen LogP contribution in [0.15, 0.2) is 30.3 Å². The van der Waals surface area contributed by atoms with Crippen molar-refractivity contribution in [2.24, 2.45) is 0 Å². The molecule has 0 saturated heterocycles. The van der Waals surface area contributed by atoms with E-state index in [1.807, 2.05) is 25.1 Å². The number of ether oxygens (including phenoxy) is 2. The standard InChI is InChI=1S/C21H24O3/c1-13-4-6-16(18(22)10-13)15-11-14-5-7-19-17(20(14)23-12-15)8-9-21(2,3)24-19/h4-7,10,15,22H,8-9,11-12H2,1-3H3. The second-order valence-corrected chi connectivity index (χ2v) is 7.67. The predicted octanol–water partition coefficient (Wildman–Crippen LogP) is 4.52. The number of hydrogen-bond donors (Lipinski definition) is 1. The topological polar surface area (TPSA) is 38.7 Å². The Kier molecular flexibility index (Phi) is 3.48. The normalized spacial score (nSPS) is 21.2. The van der Waals surface area contributed by atoms with Crippen molar-refractivity contribution in [2.75, 3.05) is 6.61 Å². The van der Waals surface area contributed by atoms with Crippen LogP contribution in [-0.2, 0) is 12.8 Å². The van der Waals surface area contributed by atoms with Crippen molar-refractivity contribution in [1.29, 1.82) is 0 Å². The highest BCUT2D eigenvalue weighted by atomic mass is 16.5. The predicted molar refractivity (Wildman–Crippen MR) is 94.3 cm³/mol. The Morgan fingerprint density at radius 2 is 2.00 bits per heavy atom. The molecular formula is C21H24O3. The Morgan fingerprint density at radius 3 is 2.79 bits per heavy atom. The maximum atomic E-state index is 10.3. The summed E-state index contributed by atoms with van der Waals surface area (Å²) in [6.07, 6.45) is 2.89. The molecule has 0 amide bonds. The Balaban J connectivity index is 1.65. The lowest BCUT2D eigenvalue weighted by molar-refractivity contribution is 0.0826. The summed E-state index contributed by atoms with van der Waals surface area (Å²) >= 11 is 0. The first kappa shape index (κ1) is 15.4. The third-order valence-corrected chi connectivity index (χ3v) is 5.18. The second-order valence-electron chi connectivity index (χ2n) is 7.67. The summed E-state index contributed by atoms with van der Waals surface area (Å²) < 4.78 is 12.3. The van der Waals surface area contributed by atoms with Gasteiger partial charge in [0.2, 0.25) is 0 Å². The molecule has 2 heterocycles. The van der Waals surface area contributed by atoms with Crippen LogP contribution in [0.5, 0.6) is 17.2 Å². The van der Waals surface area contributed by atoms with Crippen LogP contribution in [0.4, 0.5) is 0 Å². The van der Waals surface area contributed by atoms with Crippen LogP contribution < -0.4 is 9.47 Å². The average Bonchev–Trinajstić information content (AvgIpc) is 2.53. The Bertz CT molecular complexity index is 792. The van der Waals surface area contributed by atoms with E-state index in [2.05, 4.69) is 26.0 Å². The fourth-order valence-electron chi connectivity index (χ4n) is 3.81. The molecule has 0 aliphatic carbocycles. The molecule has 0 fully saturated rings. The molecule has 2 aliphatic rings. The zero-order chi connectivity index (χ0) is 16.9. The minimum atomic E-state index is -0.105. The van der Waals surface area contributed by atoms with E-state index in [1.165, 1.54) is 11.1 Å². The summed E-state index contributed by atoms with van der Waals surface area (Å²) in [6.45, 7) is 6.85. The Morgan fingerprint density at radius 1 is 1.17 bits per heavy atom. The molecule has 2 aliphatic heterocycles. The third kappa shape index (κ3) is 2.62. The van der Waals surface area contributed by atoms with E-state index >= 15 is 0 Å². The summed E-state index contributed by atoms with van der Waals surface area (Å²) in [5.41, 5.74) is 4.36. The highest BCUT2D eigenvalue weighted by Gasteiger charge is 2.32. The maximum absolute atomic E-state index is 10.3. The van der Waals surface area contributed by atoms with Crippen LogP contribution in [0.25, 0.3) is 0 Å². The summed E-state index contributed by atoms with van der Waals surface area (Å²) in [6, 6.07) is 10.1. The smallest absolute Gasteiger partial charge is 0.129 e. The molecule has 0 spiro atoms. The molecule has 1 N–H and O–H groups in total. The lowest BCUT2D eigenvalue weighted by atomic mass is 9.86. The maximum Gasteiger partial charge on any atom is 0.129 e. The molecule has 3 nitrogen and oxygen atoms in total. The van der Waals surface area contributed by atoms with Crippen molar-refractivity contribution >= 4 is 0 Å². The van der Waals surface area contributed by atoms with Gasteiger partial charge in [-0.3, -0.25) is 0 Å². The fraction of sp³-hybridized carbons (Fsp3) is 0.429. The lowest BCUT2D eigenvalue weighted by Gasteiger charge is -2.35. The molecule has 1 unspecified atom stereocenters. The van der Waals surface area contributed by atoms with Gasteiger partial charge in [-0.1, -0.05) is 18.2 Å². The first-order valence-corrected chi connectivity index (χ1v) is 8.69. The Labute approximate surface area is 143 Å². The third-order valence-electron chi connectivity index (χ3n) is 5.18. The van der Waals surface area contributed by atoms with Crippen molar-refractivity contribution in [3.05, 3.63) is 52.6 Å². The minimum Gasteiger partial charge on any atom is -0.508 e. The minimum absolute atomic E-state index is 0.105. The van der Waals surface area contributed by atoms with Gasteiger partial charge in [0.1, 0.15) is 22.8 Å². The SMILES string of the molecule is Cc1ccc(C2COc3c(ccc4c3CCC(C)(C)O4)C2)c(O)c1. The van der Waals surface area contributed by atoms with Gasteiger partial charge < -0.3 is 14.6 Å². The molecule has 4 rings (SSSR count). The van der Waals surface area contributed by atoms with E-state index < -0.39 is 0 Å². The molecule has 126 valence electrons. The number of aromatic hydroxyl groups is 1. The Hall–Kier alpha value is -2.16. The number of rotatable bonds is 1. The first-order chi connectivity index (χ1) is 11.4. The van der Waals surface area contributed by atoms with Crippen molar-refractivity contribution in [3.8, 4) is 17.2 Å². The lowest BCUT2D eigenvalue weighted by Crippen LogP contribution is -2.33. The van der Waals surface area contributed by atoms with Crippen molar-refractivity contribution in [1.82, 2.24) is 0 Å². The van der Waals surface area contributed by atoms with Gasteiger partial charge in [0.25, 0.3) is 0 Å². The van der Waals surface area contributed by atoms with E-state index in [1.54, 1.807) is 0 Å². The number of aryl methyl sites for hydroxylation is 1. The largest absolute Gasteiger partial charge is 0.508 e. The monoisotopic (exact) mass is 324 g/mol. The van der Waals surface area contributed by atoms with Crippen molar-refractivity contribution in [2.45, 2.75) is 51.6 Å². The number of phenolic OH excluding ortho intramolecular Hbond substituents is 1. The van der Waals surface area contributed by atoms with E-state index in [0.717, 1.165) is 41.9 Å². The van der Waals surface area contributed by atoms with Gasteiger partial charge in [0, 0.05) is 17.0 Å². The van der Waals surface area contributed by atoms with Crippen LogP contribution in [-0.4, -0.2) is 17.3 Å². The quantitative estimate of drug-likeness (QED) is 0.838. The van der Waals surface area contributed by atoms with Crippen molar-refractivity contribution in [3.63, 3.8) is 0 Å². The van der Waals surface area contributed by atoms with E-state index in [0.29, 0.717) is 12.4 Å². The van der Waals surface area contributed by atoms with Crippen LogP contribution in [0, 0.1) is 6.92 Å². The summed E-state index contributed by atoms with van der Waals surface area (Å²) in [4.78, 5) is 0. The zero-order valence-corrected chi connectivity index (χ0v) is 14.6. The van der Waals surface area contributed by atoms with Crippen LogP contribution in [0.3, 0.4) is 0 Å². The zero-order valence-electron chi connectivity index (χ0n) is 14.6. The number of fused-ring (bicyclic) bond motifs is 3. The van der Waals surface area contributed by atoms with Gasteiger partial charge in [-0.15, -0.1) is 0 Å². The van der Waals surface area contributed by atoms with Gasteiger partial charge in [-0.05, 0) is 63.3 Å². The molecule has 1 atom stereocenters. The highest BCUT2D eigenvalue weighted by molar-refractivity contribution is 5.53. The molecule has 2 aromatic rings. The molecule has 24 heavy (non-hydrogen) atoms. The number of hydrogen-bond acceptors (Lipinski definition) is 3. The molecular weight excluding hydrogens is 300 g/mol. The molecule has 0 radical (unpaired) electrons. The molecule has 3 heteroatoms. The van der Waals surface area contributed by atoms with E-state index in [9.17, 15) is 5.11 Å².